The molecule has 1 heterocycles. The molecule has 2 amide bonds. The minimum Gasteiger partial charge on any atom is -0.484 e. The summed E-state index contributed by atoms with van der Waals surface area (Å²) in [5, 5.41) is 5.40. The number of rotatable bonds is 9. The number of anilines is 2. The molecule has 0 unspecified atom stereocenters. The van der Waals surface area contributed by atoms with Crippen molar-refractivity contribution >= 4 is 45.0 Å². The number of hydrogen-bond donors (Lipinski definition) is 2. The number of carbonyl (C=O) groups excluding carboxylic acids is 2. The van der Waals surface area contributed by atoms with Gasteiger partial charge in [-0.1, -0.05) is 6.07 Å². The quantitative estimate of drug-likeness (QED) is 0.566. The van der Waals surface area contributed by atoms with Gasteiger partial charge >= 0.3 is 0 Å². The second kappa shape index (κ2) is 11.3. The van der Waals surface area contributed by atoms with Crippen molar-refractivity contribution in [1.29, 1.82) is 0 Å². The van der Waals surface area contributed by atoms with Crippen molar-refractivity contribution in [2.24, 2.45) is 0 Å². The Kier molecular flexibility index (Phi) is 8.51. The van der Waals surface area contributed by atoms with Gasteiger partial charge < -0.3 is 20.1 Å². The van der Waals surface area contributed by atoms with E-state index in [1.54, 1.807) is 36.4 Å². The lowest BCUT2D eigenvalue weighted by Crippen LogP contribution is -2.40. The molecule has 2 aromatic carbocycles. The molecule has 0 aromatic heterocycles. The van der Waals surface area contributed by atoms with Crippen LogP contribution in [-0.2, 0) is 24.3 Å². The van der Waals surface area contributed by atoms with Crippen molar-refractivity contribution in [3.8, 4) is 5.75 Å². The van der Waals surface area contributed by atoms with Gasteiger partial charge in [0.2, 0.25) is 15.9 Å². The molecular weight excluding hydrogens is 454 g/mol. The van der Waals surface area contributed by atoms with E-state index in [1.807, 2.05) is 6.26 Å². The third kappa shape index (κ3) is 6.70. The summed E-state index contributed by atoms with van der Waals surface area (Å²) >= 11 is 1.43. The van der Waals surface area contributed by atoms with E-state index in [2.05, 4.69) is 10.6 Å². The third-order valence-electron chi connectivity index (χ3n) is 4.51. The molecule has 0 atom stereocenters. The van der Waals surface area contributed by atoms with Gasteiger partial charge in [0.25, 0.3) is 5.91 Å². The van der Waals surface area contributed by atoms with Crippen molar-refractivity contribution in [2.75, 3.05) is 55.6 Å². The van der Waals surface area contributed by atoms with Crippen LogP contribution in [0.5, 0.6) is 5.75 Å². The maximum atomic E-state index is 12.8. The number of amides is 2. The van der Waals surface area contributed by atoms with Gasteiger partial charge in [-0.2, -0.15) is 16.1 Å². The van der Waals surface area contributed by atoms with E-state index in [9.17, 15) is 18.0 Å². The minimum atomic E-state index is -3.65. The minimum absolute atomic E-state index is 0.0941. The molecule has 172 valence electrons. The van der Waals surface area contributed by atoms with Crippen LogP contribution in [0.3, 0.4) is 0 Å². The average molecular weight is 480 g/mol. The van der Waals surface area contributed by atoms with Gasteiger partial charge in [0.15, 0.2) is 6.61 Å². The number of nitrogens with zero attached hydrogens (tertiary/aromatic N) is 1. The predicted octanol–water partition coefficient (Wildman–Crippen LogP) is 2.03. The number of carbonyl (C=O) groups is 2. The highest BCUT2D eigenvalue weighted by Gasteiger charge is 2.26. The smallest absolute Gasteiger partial charge is 0.262 e. The Morgan fingerprint density at radius 3 is 2.41 bits per heavy atom. The Labute approximate surface area is 191 Å². The van der Waals surface area contributed by atoms with Crippen molar-refractivity contribution in [3.63, 3.8) is 0 Å². The van der Waals surface area contributed by atoms with E-state index in [0.29, 0.717) is 49.2 Å². The fourth-order valence-corrected chi connectivity index (χ4v) is 4.77. The summed E-state index contributed by atoms with van der Waals surface area (Å²) < 4.78 is 37.6. The highest BCUT2D eigenvalue weighted by Crippen LogP contribution is 2.21. The second-order valence-corrected chi connectivity index (χ2v) is 9.69. The lowest BCUT2D eigenvalue weighted by molar-refractivity contribution is -0.118. The van der Waals surface area contributed by atoms with E-state index < -0.39 is 15.9 Å². The highest BCUT2D eigenvalue weighted by molar-refractivity contribution is 7.99. The predicted molar refractivity (Wildman–Crippen MR) is 124 cm³/mol. The first-order chi connectivity index (χ1) is 15.4. The van der Waals surface area contributed by atoms with Crippen LogP contribution >= 0.6 is 11.8 Å². The molecule has 1 fully saturated rings. The van der Waals surface area contributed by atoms with Crippen LogP contribution in [0.15, 0.2) is 53.4 Å². The molecule has 0 aliphatic carbocycles. The molecule has 1 saturated heterocycles. The van der Waals surface area contributed by atoms with Crippen LogP contribution in [0.2, 0.25) is 0 Å². The monoisotopic (exact) mass is 479 g/mol. The van der Waals surface area contributed by atoms with Crippen LogP contribution < -0.4 is 15.4 Å². The fraction of sp³-hybridized carbons (Fsp3) is 0.333. The average Bonchev–Trinajstić information content (AvgIpc) is 2.79. The Morgan fingerprint density at radius 2 is 1.72 bits per heavy atom. The van der Waals surface area contributed by atoms with Crippen molar-refractivity contribution in [3.05, 3.63) is 48.5 Å². The summed E-state index contributed by atoms with van der Waals surface area (Å²) in [6.45, 7) is 1.06. The maximum absolute atomic E-state index is 12.8. The molecule has 32 heavy (non-hydrogen) atoms. The topological polar surface area (TPSA) is 114 Å². The first-order valence-electron chi connectivity index (χ1n) is 9.88. The summed E-state index contributed by atoms with van der Waals surface area (Å²) in [6, 6.07) is 12.8. The van der Waals surface area contributed by atoms with Gasteiger partial charge in [-0.05, 0) is 48.7 Å². The van der Waals surface area contributed by atoms with E-state index in [-0.39, 0.29) is 17.4 Å². The standard InChI is InChI=1S/C21H25N3O6S2/c1-31-15-21(26)22-16-5-7-18(8-6-16)30-14-20(25)23-17-3-2-4-19(13-17)32(27,28)24-9-11-29-12-10-24/h2-8,13H,9-12,14-15H2,1H3,(H,22,26)(H,23,25). The molecule has 0 saturated carbocycles. The first kappa shape index (κ1) is 24.1. The van der Waals surface area contributed by atoms with E-state index in [1.165, 1.54) is 28.2 Å². The molecule has 2 aromatic rings. The largest absolute Gasteiger partial charge is 0.484 e. The molecular formula is C21H25N3O6S2. The van der Waals surface area contributed by atoms with Crippen LogP contribution in [-0.4, -0.2) is 69.5 Å². The number of morpholine rings is 1. The molecule has 0 bridgehead atoms. The maximum Gasteiger partial charge on any atom is 0.262 e. The zero-order valence-corrected chi connectivity index (χ0v) is 19.2. The zero-order valence-electron chi connectivity index (χ0n) is 17.6. The molecule has 1 aliphatic heterocycles. The SMILES string of the molecule is CSCC(=O)Nc1ccc(OCC(=O)Nc2cccc(S(=O)(=O)N3CCOCC3)c2)cc1. The number of thioether (sulfide) groups is 1. The van der Waals surface area contributed by atoms with Crippen molar-refractivity contribution in [1.82, 2.24) is 4.31 Å². The number of benzene rings is 2. The van der Waals surface area contributed by atoms with Crippen molar-refractivity contribution < 1.29 is 27.5 Å². The Hall–Kier alpha value is -2.60. The molecule has 11 heteroatoms. The van der Waals surface area contributed by atoms with Crippen LogP contribution in [0.1, 0.15) is 0 Å². The molecule has 1 aliphatic rings. The summed E-state index contributed by atoms with van der Waals surface area (Å²) in [5.41, 5.74) is 0.999. The molecule has 3 rings (SSSR count). The van der Waals surface area contributed by atoms with Gasteiger partial charge in [-0.15, -0.1) is 0 Å². The fourth-order valence-electron chi connectivity index (χ4n) is 2.98. The van der Waals surface area contributed by atoms with Crippen LogP contribution in [0.4, 0.5) is 11.4 Å². The second-order valence-electron chi connectivity index (χ2n) is 6.89. The molecule has 0 radical (unpaired) electrons. The van der Waals surface area contributed by atoms with Crippen LogP contribution in [0.25, 0.3) is 0 Å². The molecule has 2 N–H and O–H groups in total. The van der Waals surface area contributed by atoms with E-state index in [4.69, 9.17) is 9.47 Å². The van der Waals surface area contributed by atoms with Gasteiger partial charge in [0.1, 0.15) is 5.75 Å². The molecule has 9 nitrogen and oxygen atoms in total. The summed E-state index contributed by atoms with van der Waals surface area (Å²) in [5.74, 6) is 0.311. The highest BCUT2D eigenvalue weighted by atomic mass is 32.2. The summed E-state index contributed by atoms with van der Waals surface area (Å²) in [4.78, 5) is 24.0. The molecule has 0 spiro atoms. The Morgan fingerprint density at radius 1 is 1.03 bits per heavy atom. The van der Waals surface area contributed by atoms with Gasteiger partial charge in [-0.25, -0.2) is 8.42 Å². The van der Waals surface area contributed by atoms with Gasteiger partial charge in [-0.3, -0.25) is 9.59 Å². The number of nitrogens with one attached hydrogen (secondary N) is 2. The normalized spacial score (nSPS) is 14.5. The van der Waals surface area contributed by atoms with Crippen molar-refractivity contribution in [2.45, 2.75) is 4.90 Å². The lowest BCUT2D eigenvalue weighted by Gasteiger charge is -2.26. The van der Waals surface area contributed by atoms with E-state index in [0.717, 1.165) is 0 Å². The zero-order chi connectivity index (χ0) is 23.0. The number of ether oxygens (including phenoxy) is 2. The van der Waals surface area contributed by atoms with Gasteiger partial charge in [0.05, 0.1) is 23.9 Å². The third-order valence-corrected chi connectivity index (χ3v) is 6.95. The summed E-state index contributed by atoms with van der Waals surface area (Å²) in [6.07, 6.45) is 1.85. The number of hydrogen-bond acceptors (Lipinski definition) is 7. The van der Waals surface area contributed by atoms with E-state index >= 15 is 0 Å². The Bertz CT molecular complexity index is 1040. The van der Waals surface area contributed by atoms with Crippen LogP contribution in [0, 0.1) is 0 Å². The van der Waals surface area contributed by atoms with Gasteiger partial charge in [0, 0.05) is 24.5 Å². The number of sulfonamides is 1. The summed E-state index contributed by atoms with van der Waals surface area (Å²) in [7, 11) is -3.65. The Balaban J connectivity index is 1.54. The first-order valence-corrected chi connectivity index (χ1v) is 12.7. The lowest BCUT2D eigenvalue weighted by atomic mass is 10.3.